The van der Waals surface area contributed by atoms with Gasteiger partial charge in [0.15, 0.2) is 5.76 Å². The highest BCUT2D eigenvalue weighted by molar-refractivity contribution is 5.76. The number of rotatable bonds is 3. The maximum Gasteiger partial charge on any atom is 0.307 e. The van der Waals surface area contributed by atoms with Crippen molar-refractivity contribution in [1.82, 2.24) is 0 Å². The zero-order valence-corrected chi connectivity index (χ0v) is 10.9. The van der Waals surface area contributed by atoms with Crippen molar-refractivity contribution in [3.63, 3.8) is 0 Å². The summed E-state index contributed by atoms with van der Waals surface area (Å²) >= 11 is 0. The molecular formula is C13H19NO3. The molecule has 0 bridgehead atoms. The van der Waals surface area contributed by atoms with E-state index in [-0.39, 0.29) is 17.1 Å². The van der Waals surface area contributed by atoms with Gasteiger partial charge in [0.1, 0.15) is 11.7 Å². The topological polar surface area (TPSA) is 70.3 Å². The average molecular weight is 237 g/mol. The third-order valence-corrected chi connectivity index (χ3v) is 3.03. The zero-order valence-electron chi connectivity index (χ0n) is 10.9. The van der Waals surface area contributed by atoms with Gasteiger partial charge in [-0.3, -0.25) is 4.79 Å². The fraction of sp³-hybridized carbons (Fsp3) is 0.692. The number of nitriles is 1. The minimum Gasteiger partial charge on any atom is -0.481 e. The Kier molecular flexibility index (Phi) is 3.24. The summed E-state index contributed by atoms with van der Waals surface area (Å²) in [5, 5.41) is 18.0. The molecule has 1 fully saturated rings. The molecule has 0 saturated heterocycles. The van der Waals surface area contributed by atoms with E-state index in [1.807, 2.05) is 40.7 Å². The number of allylic oxidation sites excluding steroid dienone is 2. The van der Waals surface area contributed by atoms with Crippen LogP contribution in [0.1, 0.15) is 34.6 Å². The number of carbonyl (C=O) groups is 1. The average Bonchev–Trinajstić information content (AvgIpc) is 2.64. The molecule has 0 unspecified atom stereocenters. The van der Waals surface area contributed by atoms with E-state index in [0.717, 1.165) is 0 Å². The monoisotopic (exact) mass is 237 g/mol. The Morgan fingerprint density at radius 3 is 2.29 bits per heavy atom. The first-order valence-corrected chi connectivity index (χ1v) is 5.63. The Morgan fingerprint density at radius 2 is 2.00 bits per heavy atom. The van der Waals surface area contributed by atoms with Gasteiger partial charge in [0.25, 0.3) is 0 Å². The van der Waals surface area contributed by atoms with Gasteiger partial charge >= 0.3 is 5.97 Å². The smallest absolute Gasteiger partial charge is 0.307 e. The highest BCUT2D eigenvalue weighted by Crippen LogP contribution is 2.59. The molecule has 1 aliphatic carbocycles. The molecule has 0 amide bonds. The molecule has 0 spiro atoms. The number of carboxylic acid groups (broad SMARTS) is 1. The maximum absolute atomic E-state index is 11.0. The van der Waals surface area contributed by atoms with Crippen LogP contribution < -0.4 is 0 Å². The van der Waals surface area contributed by atoms with E-state index < -0.39 is 17.5 Å². The van der Waals surface area contributed by atoms with Gasteiger partial charge in [0, 0.05) is 5.92 Å². The van der Waals surface area contributed by atoms with Gasteiger partial charge in [0.05, 0.1) is 5.92 Å². The molecule has 2 atom stereocenters. The van der Waals surface area contributed by atoms with Crippen LogP contribution >= 0.6 is 0 Å². The molecule has 1 N–H and O–H groups in total. The molecule has 0 radical (unpaired) electrons. The van der Waals surface area contributed by atoms with E-state index in [4.69, 9.17) is 15.1 Å². The van der Waals surface area contributed by atoms with E-state index in [1.54, 1.807) is 6.08 Å². The summed E-state index contributed by atoms with van der Waals surface area (Å²) in [6, 6.07) is 1.97. The van der Waals surface area contributed by atoms with Crippen molar-refractivity contribution < 1.29 is 14.6 Å². The van der Waals surface area contributed by atoms with E-state index in [0.29, 0.717) is 0 Å². The van der Waals surface area contributed by atoms with Crippen LogP contribution in [0.5, 0.6) is 0 Å². The predicted octanol–water partition coefficient (Wildman–Crippen LogP) is 2.57. The Morgan fingerprint density at radius 1 is 1.47 bits per heavy atom. The highest BCUT2D eigenvalue weighted by atomic mass is 16.5. The van der Waals surface area contributed by atoms with Crippen molar-refractivity contribution in [1.29, 1.82) is 5.26 Å². The fourth-order valence-electron chi connectivity index (χ4n) is 2.05. The molecule has 0 aromatic rings. The molecule has 4 heteroatoms. The lowest BCUT2D eigenvalue weighted by atomic mass is 10.1. The standard InChI is InChI=1S/C13H19NO3/c1-12(2,3)17-8(7-14)6-9-10(11(15)16)13(9,4)5/h6,9-10H,1-5H3,(H,15,16)/t9-,10+/m1/s1. The molecule has 0 heterocycles. The molecule has 1 rings (SSSR count). The molecule has 17 heavy (non-hydrogen) atoms. The van der Waals surface area contributed by atoms with Gasteiger partial charge in [-0.15, -0.1) is 0 Å². The highest BCUT2D eigenvalue weighted by Gasteiger charge is 2.61. The van der Waals surface area contributed by atoms with Crippen LogP contribution in [0.3, 0.4) is 0 Å². The van der Waals surface area contributed by atoms with Gasteiger partial charge in [-0.25, -0.2) is 0 Å². The number of hydrogen-bond donors (Lipinski definition) is 1. The number of carboxylic acids is 1. The van der Waals surface area contributed by atoms with Crippen molar-refractivity contribution >= 4 is 5.97 Å². The molecule has 0 aromatic carbocycles. The van der Waals surface area contributed by atoms with Crippen molar-refractivity contribution in [3.8, 4) is 6.07 Å². The van der Waals surface area contributed by atoms with E-state index in [1.165, 1.54) is 0 Å². The quantitative estimate of drug-likeness (QED) is 0.605. The van der Waals surface area contributed by atoms with Crippen molar-refractivity contribution in [3.05, 3.63) is 11.8 Å². The Bertz CT molecular complexity index is 396. The van der Waals surface area contributed by atoms with Crippen LogP contribution in [-0.4, -0.2) is 16.7 Å². The normalized spacial score (nSPS) is 27.2. The van der Waals surface area contributed by atoms with Crippen LogP contribution in [-0.2, 0) is 9.53 Å². The minimum atomic E-state index is -0.815. The van der Waals surface area contributed by atoms with Gasteiger partial charge in [-0.05, 0) is 32.3 Å². The number of ether oxygens (including phenoxy) is 1. The first kappa shape index (κ1) is 13.6. The number of hydrogen-bond acceptors (Lipinski definition) is 3. The second-order valence-electron chi connectivity index (χ2n) is 6.02. The van der Waals surface area contributed by atoms with Crippen LogP contribution in [0.4, 0.5) is 0 Å². The van der Waals surface area contributed by atoms with E-state index in [9.17, 15) is 4.79 Å². The minimum absolute atomic E-state index is 0.128. The van der Waals surface area contributed by atoms with Crippen LogP contribution in [0.2, 0.25) is 0 Å². The summed E-state index contributed by atoms with van der Waals surface area (Å²) in [7, 11) is 0. The molecule has 4 nitrogen and oxygen atoms in total. The lowest BCUT2D eigenvalue weighted by Crippen LogP contribution is -2.18. The van der Waals surface area contributed by atoms with Crippen LogP contribution in [0.25, 0.3) is 0 Å². The molecule has 0 aliphatic heterocycles. The molecular weight excluding hydrogens is 218 g/mol. The van der Waals surface area contributed by atoms with Gasteiger partial charge in [0.2, 0.25) is 0 Å². The van der Waals surface area contributed by atoms with Crippen molar-refractivity contribution in [2.75, 3.05) is 0 Å². The largest absolute Gasteiger partial charge is 0.481 e. The van der Waals surface area contributed by atoms with Crippen LogP contribution in [0, 0.1) is 28.6 Å². The van der Waals surface area contributed by atoms with Gasteiger partial charge < -0.3 is 9.84 Å². The lowest BCUT2D eigenvalue weighted by molar-refractivity contribution is -0.139. The van der Waals surface area contributed by atoms with Gasteiger partial charge in [-0.1, -0.05) is 13.8 Å². The Balaban J connectivity index is 2.83. The SMILES string of the molecule is CC(C)(C)OC(C#N)=C[C@@H]1[C@@H](C(=O)O)C1(C)C. The number of aliphatic carboxylic acids is 1. The third-order valence-electron chi connectivity index (χ3n) is 3.03. The van der Waals surface area contributed by atoms with Crippen LogP contribution in [0.15, 0.2) is 11.8 Å². The second-order valence-corrected chi connectivity index (χ2v) is 6.02. The molecule has 94 valence electrons. The van der Waals surface area contributed by atoms with Gasteiger partial charge in [-0.2, -0.15) is 5.26 Å². The van der Waals surface area contributed by atoms with Crippen molar-refractivity contribution in [2.45, 2.75) is 40.2 Å². The van der Waals surface area contributed by atoms with E-state index in [2.05, 4.69) is 0 Å². The Hall–Kier alpha value is -1.50. The summed E-state index contributed by atoms with van der Waals surface area (Å²) < 4.78 is 5.47. The lowest BCUT2D eigenvalue weighted by Gasteiger charge is -2.20. The third kappa shape index (κ3) is 3.00. The summed E-state index contributed by atoms with van der Waals surface area (Å²) in [5.74, 6) is -1.16. The summed E-state index contributed by atoms with van der Waals surface area (Å²) in [5.41, 5.74) is -0.742. The summed E-state index contributed by atoms with van der Waals surface area (Å²) in [6.07, 6.45) is 1.64. The number of nitrogens with zero attached hydrogens (tertiary/aromatic N) is 1. The summed E-state index contributed by atoms with van der Waals surface area (Å²) in [4.78, 5) is 11.0. The molecule has 1 aliphatic rings. The fourth-order valence-corrected chi connectivity index (χ4v) is 2.05. The molecule has 0 aromatic heterocycles. The summed E-state index contributed by atoms with van der Waals surface area (Å²) in [6.45, 7) is 9.33. The molecule has 1 saturated carbocycles. The Labute approximate surface area is 102 Å². The second kappa shape index (κ2) is 4.06. The van der Waals surface area contributed by atoms with Crippen molar-refractivity contribution in [2.24, 2.45) is 17.3 Å². The first-order valence-electron chi connectivity index (χ1n) is 5.63. The predicted molar refractivity (Wildman–Crippen MR) is 62.9 cm³/mol. The zero-order chi connectivity index (χ0) is 13.4. The maximum atomic E-state index is 11.0. The first-order chi connectivity index (χ1) is 7.59. The van der Waals surface area contributed by atoms with E-state index >= 15 is 0 Å².